The Morgan fingerprint density at radius 2 is 2.17 bits per heavy atom. The first-order valence-corrected chi connectivity index (χ1v) is 5.25. The molecule has 1 aromatic heterocycles. The molecule has 0 aliphatic heterocycles. The van der Waals surface area contributed by atoms with Gasteiger partial charge in [-0.05, 0) is 13.8 Å². The van der Waals surface area contributed by atoms with Gasteiger partial charge in [0, 0.05) is 4.88 Å². The molecule has 1 aromatic rings. The molecule has 0 aromatic carbocycles. The van der Waals surface area contributed by atoms with Crippen molar-refractivity contribution in [1.29, 1.82) is 0 Å². The Bertz CT molecular complexity index is 240. The molecule has 68 valence electrons. The largest absolute Gasteiger partial charge is 0.248 e. The molecule has 0 amide bonds. The number of alkyl halides is 2. The van der Waals surface area contributed by atoms with Gasteiger partial charge in [0.2, 0.25) is 6.43 Å². The van der Waals surface area contributed by atoms with Crippen molar-refractivity contribution in [1.82, 2.24) is 4.98 Å². The second-order valence-corrected chi connectivity index (χ2v) is 4.79. The van der Waals surface area contributed by atoms with Gasteiger partial charge in [0.25, 0.3) is 0 Å². The summed E-state index contributed by atoms with van der Waals surface area (Å²) in [5, 5.41) is 0. The first-order chi connectivity index (χ1) is 5.59. The lowest BCUT2D eigenvalue weighted by atomic mass is 10.4. The van der Waals surface area contributed by atoms with Gasteiger partial charge in [-0.25, -0.2) is 13.8 Å². The van der Waals surface area contributed by atoms with Crippen LogP contribution in [0.4, 0.5) is 8.78 Å². The molecule has 0 atom stereocenters. The van der Waals surface area contributed by atoms with Gasteiger partial charge in [0.1, 0.15) is 0 Å². The summed E-state index contributed by atoms with van der Waals surface area (Å²) in [6, 6.07) is 0. The van der Waals surface area contributed by atoms with Gasteiger partial charge in [-0.1, -0.05) is 11.8 Å². The predicted molar refractivity (Wildman–Crippen MR) is 48.3 cm³/mol. The van der Waals surface area contributed by atoms with Gasteiger partial charge < -0.3 is 0 Å². The summed E-state index contributed by atoms with van der Waals surface area (Å²) in [5.74, 6) is -0.160. The number of thiazole rings is 1. The maximum absolute atomic E-state index is 11.8. The second-order valence-electron chi connectivity index (χ2n) is 2.32. The predicted octanol–water partition coefficient (Wildman–Crippen LogP) is 3.12. The number of thioether (sulfide) groups is 1. The molecule has 1 heterocycles. The maximum atomic E-state index is 11.8. The van der Waals surface area contributed by atoms with Crippen LogP contribution in [0.15, 0.2) is 4.34 Å². The van der Waals surface area contributed by atoms with Crippen LogP contribution in [0.1, 0.15) is 10.6 Å². The fourth-order valence-corrected chi connectivity index (χ4v) is 2.56. The average molecular weight is 209 g/mol. The van der Waals surface area contributed by atoms with E-state index in [9.17, 15) is 8.78 Å². The summed E-state index contributed by atoms with van der Waals surface area (Å²) < 4.78 is 24.3. The van der Waals surface area contributed by atoms with Crippen molar-refractivity contribution in [2.45, 2.75) is 24.6 Å². The maximum Gasteiger partial charge on any atom is 0.248 e. The van der Waals surface area contributed by atoms with E-state index in [1.54, 1.807) is 0 Å². The third-order valence-electron chi connectivity index (χ3n) is 1.34. The van der Waals surface area contributed by atoms with E-state index in [1.807, 2.05) is 13.8 Å². The smallest absolute Gasteiger partial charge is 0.235 e. The lowest BCUT2D eigenvalue weighted by Crippen LogP contribution is -1.92. The summed E-state index contributed by atoms with van der Waals surface area (Å²) in [6.07, 6.45) is -2.25. The molecule has 0 fully saturated rings. The Kier molecular flexibility index (Phi) is 3.46. The van der Waals surface area contributed by atoms with E-state index in [2.05, 4.69) is 4.98 Å². The molecular formula is C7H9F2NS2. The highest BCUT2D eigenvalue weighted by molar-refractivity contribution is 8.01. The van der Waals surface area contributed by atoms with Gasteiger partial charge in [0.05, 0.1) is 11.4 Å². The van der Waals surface area contributed by atoms with E-state index in [4.69, 9.17) is 0 Å². The van der Waals surface area contributed by atoms with Crippen LogP contribution in [0.25, 0.3) is 0 Å². The minimum Gasteiger partial charge on any atom is -0.235 e. The molecule has 0 bridgehead atoms. The number of aromatic nitrogens is 1. The van der Waals surface area contributed by atoms with Gasteiger partial charge in [-0.15, -0.1) is 11.3 Å². The minimum atomic E-state index is -2.25. The number of nitrogens with zero attached hydrogens (tertiary/aromatic N) is 1. The zero-order valence-electron chi connectivity index (χ0n) is 6.80. The number of hydrogen-bond donors (Lipinski definition) is 0. The van der Waals surface area contributed by atoms with Crippen molar-refractivity contribution in [3.8, 4) is 0 Å². The molecule has 5 heteroatoms. The van der Waals surface area contributed by atoms with Crippen LogP contribution >= 0.6 is 23.1 Å². The molecule has 0 N–H and O–H groups in total. The summed E-state index contributed by atoms with van der Waals surface area (Å²) >= 11 is 2.60. The first-order valence-electron chi connectivity index (χ1n) is 3.44. The second kappa shape index (κ2) is 4.18. The molecular weight excluding hydrogens is 200 g/mol. The topological polar surface area (TPSA) is 12.9 Å². The fourth-order valence-electron chi connectivity index (χ4n) is 0.639. The van der Waals surface area contributed by atoms with E-state index in [0.717, 1.165) is 26.7 Å². The van der Waals surface area contributed by atoms with Crippen molar-refractivity contribution in [2.75, 3.05) is 5.75 Å². The zero-order chi connectivity index (χ0) is 9.14. The fraction of sp³-hybridized carbons (Fsp3) is 0.571. The number of halogens is 2. The van der Waals surface area contributed by atoms with Gasteiger partial charge >= 0.3 is 0 Å². The van der Waals surface area contributed by atoms with E-state index in [1.165, 1.54) is 11.3 Å². The average Bonchev–Trinajstić information content (AvgIpc) is 2.28. The van der Waals surface area contributed by atoms with Crippen molar-refractivity contribution < 1.29 is 8.78 Å². The zero-order valence-corrected chi connectivity index (χ0v) is 8.44. The van der Waals surface area contributed by atoms with Gasteiger partial charge in [-0.3, -0.25) is 0 Å². The highest BCUT2D eigenvalue weighted by atomic mass is 32.2. The van der Waals surface area contributed by atoms with Crippen LogP contribution < -0.4 is 0 Å². The Balaban J connectivity index is 2.53. The van der Waals surface area contributed by atoms with Crippen LogP contribution in [-0.4, -0.2) is 17.2 Å². The summed E-state index contributed by atoms with van der Waals surface area (Å²) in [5.41, 5.74) is 0.941. The van der Waals surface area contributed by atoms with Crippen LogP contribution in [0.5, 0.6) is 0 Å². The monoisotopic (exact) mass is 209 g/mol. The van der Waals surface area contributed by atoms with Crippen LogP contribution in [0, 0.1) is 13.8 Å². The Morgan fingerprint density at radius 1 is 1.50 bits per heavy atom. The lowest BCUT2D eigenvalue weighted by Gasteiger charge is -1.93. The number of aryl methyl sites for hydroxylation is 2. The third-order valence-corrected chi connectivity index (χ3v) is 3.57. The van der Waals surface area contributed by atoms with E-state index in [0.29, 0.717) is 0 Å². The highest BCUT2D eigenvalue weighted by Gasteiger charge is 2.07. The van der Waals surface area contributed by atoms with Crippen molar-refractivity contribution >= 4 is 23.1 Å². The molecule has 0 aliphatic carbocycles. The standard InChI is InChI=1S/C7H9F2NS2/c1-4-5(2)12-7(10-4)11-3-6(8)9/h6H,3H2,1-2H3. The molecule has 0 radical (unpaired) electrons. The van der Waals surface area contributed by atoms with Crippen molar-refractivity contribution in [3.63, 3.8) is 0 Å². The van der Waals surface area contributed by atoms with Crippen molar-refractivity contribution in [3.05, 3.63) is 10.6 Å². The van der Waals surface area contributed by atoms with Crippen molar-refractivity contribution in [2.24, 2.45) is 0 Å². The quantitative estimate of drug-likeness (QED) is 0.709. The number of rotatable bonds is 3. The Morgan fingerprint density at radius 3 is 2.58 bits per heavy atom. The molecule has 0 saturated heterocycles. The first kappa shape index (κ1) is 9.92. The molecule has 1 nitrogen and oxygen atoms in total. The molecule has 0 spiro atoms. The Labute approximate surface area is 78.2 Å². The van der Waals surface area contributed by atoms with E-state index < -0.39 is 6.43 Å². The van der Waals surface area contributed by atoms with Gasteiger partial charge in [0.15, 0.2) is 4.34 Å². The van der Waals surface area contributed by atoms with Crippen LogP contribution in [0.3, 0.4) is 0 Å². The molecule has 1 rings (SSSR count). The summed E-state index contributed by atoms with van der Waals surface area (Å²) in [7, 11) is 0. The minimum absolute atomic E-state index is 0.160. The van der Waals surface area contributed by atoms with E-state index in [-0.39, 0.29) is 5.75 Å². The molecule has 0 saturated carbocycles. The summed E-state index contributed by atoms with van der Waals surface area (Å²) in [4.78, 5) is 5.23. The lowest BCUT2D eigenvalue weighted by molar-refractivity contribution is 0.177. The normalized spacial score (nSPS) is 11.1. The van der Waals surface area contributed by atoms with E-state index >= 15 is 0 Å². The van der Waals surface area contributed by atoms with Crippen LogP contribution in [0.2, 0.25) is 0 Å². The summed E-state index contributed by atoms with van der Waals surface area (Å²) in [6.45, 7) is 3.83. The Hall–Kier alpha value is -0.160. The highest BCUT2D eigenvalue weighted by Crippen LogP contribution is 2.27. The molecule has 0 unspecified atom stereocenters. The molecule has 0 aliphatic rings. The van der Waals surface area contributed by atoms with Gasteiger partial charge in [-0.2, -0.15) is 0 Å². The molecule has 12 heavy (non-hydrogen) atoms. The number of hydrogen-bond acceptors (Lipinski definition) is 3. The SMILES string of the molecule is Cc1nc(SCC(F)F)sc1C. The van der Waals surface area contributed by atoms with Crippen LogP contribution in [-0.2, 0) is 0 Å². The third kappa shape index (κ3) is 2.71.